The Morgan fingerprint density at radius 3 is 2.74 bits per heavy atom. The Kier molecular flexibility index (Phi) is 6.02. The standard InChI is InChI=1S/C25H23F2N5O3/c1-15(32-10-3-2-7-23(32)33)14-35-21-11-22-29-19(16-8-9-16)12-31(22)13-20(21)30-25(34)18-6-4-5-17(28-18)24(26)27/h2-7,10-13,15-16,24H,8-9,14H2,1H3,(H,30,34). The quantitative estimate of drug-likeness (QED) is 0.399. The lowest BCUT2D eigenvalue weighted by molar-refractivity contribution is 0.101. The molecule has 0 saturated heterocycles. The lowest BCUT2D eigenvalue weighted by Gasteiger charge is -2.18. The van der Waals surface area contributed by atoms with Crippen molar-refractivity contribution in [1.82, 2.24) is 18.9 Å². The maximum atomic E-state index is 13.0. The molecule has 0 bridgehead atoms. The molecule has 0 aliphatic heterocycles. The molecule has 8 nitrogen and oxygen atoms in total. The van der Waals surface area contributed by atoms with E-state index in [-0.39, 0.29) is 23.9 Å². The van der Waals surface area contributed by atoms with E-state index in [2.05, 4.69) is 15.3 Å². The van der Waals surface area contributed by atoms with Crippen LogP contribution >= 0.6 is 0 Å². The largest absolute Gasteiger partial charge is 0.489 e. The zero-order chi connectivity index (χ0) is 24.5. The molecule has 0 radical (unpaired) electrons. The zero-order valence-corrected chi connectivity index (χ0v) is 18.9. The van der Waals surface area contributed by atoms with Gasteiger partial charge in [0.15, 0.2) is 0 Å². The van der Waals surface area contributed by atoms with E-state index in [4.69, 9.17) is 4.74 Å². The van der Waals surface area contributed by atoms with Gasteiger partial charge < -0.3 is 19.0 Å². The van der Waals surface area contributed by atoms with Gasteiger partial charge in [-0.05, 0) is 38.0 Å². The molecule has 1 aliphatic rings. The average molecular weight is 479 g/mol. The SMILES string of the molecule is CC(COc1cc2nc(C3CC3)cn2cc1NC(=O)c1cccc(C(F)F)n1)n1ccccc1=O. The summed E-state index contributed by atoms with van der Waals surface area (Å²) in [5.41, 5.74) is 1.19. The van der Waals surface area contributed by atoms with Gasteiger partial charge in [-0.15, -0.1) is 0 Å². The van der Waals surface area contributed by atoms with Crippen LogP contribution in [0.1, 0.15) is 60.0 Å². The Hall–Kier alpha value is -4.08. The number of fused-ring (bicyclic) bond motifs is 1. The summed E-state index contributed by atoms with van der Waals surface area (Å²) in [5, 5.41) is 2.73. The first-order valence-electron chi connectivity index (χ1n) is 11.3. The monoisotopic (exact) mass is 479 g/mol. The van der Waals surface area contributed by atoms with Crippen LogP contribution in [-0.2, 0) is 0 Å². The van der Waals surface area contributed by atoms with Crippen molar-refractivity contribution in [3.8, 4) is 5.75 Å². The van der Waals surface area contributed by atoms with Gasteiger partial charge in [0.05, 0.1) is 11.7 Å². The summed E-state index contributed by atoms with van der Waals surface area (Å²) in [4.78, 5) is 33.4. The molecule has 1 atom stereocenters. The van der Waals surface area contributed by atoms with E-state index in [0.29, 0.717) is 23.0 Å². The van der Waals surface area contributed by atoms with Crippen molar-refractivity contribution in [2.24, 2.45) is 0 Å². The molecule has 1 fully saturated rings. The van der Waals surface area contributed by atoms with Gasteiger partial charge in [0.25, 0.3) is 17.9 Å². The Morgan fingerprint density at radius 1 is 1.17 bits per heavy atom. The number of hydrogen-bond donors (Lipinski definition) is 1. The molecular formula is C25H23F2N5O3. The summed E-state index contributed by atoms with van der Waals surface area (Å²) < 4.78 is 35.5. The highest BCUT2D eigenvalue weighted by Crippen LogP contribution is 2.40. The number of anilines is 1. The fourth-order valence-corrected chi connectivity index (χ4v) is 3.80. The van der Waals surface area contributed by atoms with Crippen LogP contribution < -0.4 is 15.6 Å². The van der Waals surface area contributed by atoms with E-state index in [0.717, 1.165) is 18.5 Å². The Balaban J connectivity index is 1.44. The minimum absolute atomic E-state index is 0.137. The molecule has 1 saturated carbocycles. The predicted molar refractivity (Wildman–Crippen MR) is 125 cm³/mol. The van der Waals surface area contributed by atoms with Crippen molar-refractivity contribution in [3.63, 3.8) is 0 Å². The number of hydrogen-bond acceptors (Lipinski definition) is 5. The maximum Gasteiger partial charge on any atom is 0.280 e. The third kappa shape index (κ3) is 4.91. The lowest BCUT2D eigenvalue weighted by atomic mass is 10.2. The summed E-state index contributed by atoms with van der Waals surface area (Å²) >= 11 is 0. The topological polar surface area (TPSA) is 90.5 Å². The second-order valence-corrected chi connectivity index (χ2v) is 8.57. The second kappa shape index (κ2) is 9.28. The Morgan fingerprint density at radius 2 is 2.00 bits per heavy atom. The number of alkyl halides is 2. The van der Waals surface area contributed by atoms with Crippen LogP contribution in [0.3, 0.4) is 0 Å². The highest BCUT2D eigenvalue weighted by Gasteiger charge is 2.26. The third-order valence-corrected chi connectivity index (χ3v) is 5.85. The summed E-state index contributed by atoms with van der Waals surface area (Å²) in [6.07, 6.45) is 4.66. The first-order chi connectivity index (χ1) is 16.9. The molecule has 0 spiro atoms. The summed E-state index contributed by atoms with van der Waals surface area (Å²) in [6, 6.07) is 10.2. The average Bonchev–Trinajstić information content (AvgIpc) is 3.62. The van der Waals surface area contributed by atoms with Crippen molar-refractivity contribution in [2.75, 3.05) is 11.9 Å². The number of halogens is 2. The number of ether oxygens (including phenoxy) is 1. The molecular weight excluding hydrogens is 456 g/mol. The van der Waals surface area contributed by atoms with Crippen LogP contribution in [0.15, 0.2) is 65.8 Å². The van der Waals surface area contributed by atoms with Crippen LogP contribution in [0.4, 0.5) is 14.5 Å². The summed E-state index contributed by atoms with van der Waals surface area (Å²) in [7, 11) is 0. The Labute approximate surface area is 199 Å². The molecule has 35 heavy (non-hydrogen) atoms. The van der Waals surface area contributed by atoms with Gasteiger partial charge in [-0.25, -0.2) is 18.7 Å². The number of rotatable bonds is 8. The van der Waals surface area contributed by atoms with Gasteiger partial charge in [-0.1, -0.05) is 12.1 Å². The van der Waals surface area contributed by atoms with Crippen LogP contribution in [0.25, 0.3) is 5.65 Å². The van der Waals surface area contributed by atoms with Crippen LogP contribution in [0, 0.1) is 0 Å². The van der Waals surface area contributed by atoms with Gasteiger partial charge in [0.1, 0.15) is 35.1 Å². The second-order valence-electron chi connectivity index (χ2n) is 8.57. The fraction of sp³-hybridized carbons (Fsp3) is 0.280. The van der Waals surface area contributed by atoms with Crippen molar-refractivity contribution < 1.29 is 18.3 Å². The molecule has 4 aromatic heterocycles. The highest BCUT2D eigenvalue weighted by molar-refractivity contribution is 6.03. The molecule has 4 heterocycles. The minimum atomic E-state index is -2.78. The van der Waals surface area contributed by atoms with Crippen LogP contribution in [0.5, 0.6) is 5.75 Å². The molecule has 0 aromatic carbocycles. The minimum Gasteiger partial charge on any atom is -0.489 e. The van der Waals surface area contributed by atoms with Crippen LogP contribution in [0.2, 0.25) is 0 Å². The molecule has 180 valence electrons. The van der Waals surface area contributed by atoms with Gasteiger partial charge in [0.2, 0.25) is 0 Å². The first kappa shape index (κ1) is 22.7. The maximum absolute atomic E-state index is 13.0. The number of aromatic nitrogens is 4. The molecule has 1 unspecified atom stereocenters. The molecule has 1 aliphatic carbocycles. The van der Waals surface area contributed by atoms with E-state index >= 15 is 0 Å². The van der Waals surface area contributed by atoms with E-state index in [1.807, 2.05) is 13.1 Å². The number of imidazole rings is 1. The zero-order valence-electron chi connectivity index (χ0n) is 18.9. The fourth-order valence-electron chi connectivity index (χ4n) is 3.80. The number of carbonyl (C=O) groups is 1. The molecule has 1 amide bonds. The van der Waals surface area contributed by atoms with E-state index in [1.165, 1.54) is 24.3 Å². The third-order valence-electron chi connectivity index (χ3n) is 5.85. The number of nitrogens with one attached hydrogen (secondary N) is 1. The summed E-state index contributed by atoms with van der Waals surface area (Å²) in [5.74, 6) is 0.134. The number of nitrogens with zero attached hydrogens (tertiary/aromatic N) is 4. The van der Waals surface area contributed by atoms with Gasteiger partial charge in [0, 0.05) is 36.6 Å². The van der Waals surface area contributed by atoms with E-state index in [1.54, 1.807) is 39.6 Å². The number of carbonyl (C=O) groups excluding carboxylic acids is 1. The molecule has 5 rings (SSSR count). The van der Waals surface area contributed by atoms with Gasteiger partial charge in [-0.3, -0.25) is 9.59 Å². The van der Waals surface area contributed by atoms with Crippen molar-refractivity contribution in [3.05, 3.63) is 88.5 Å². The number of amides is 1. The predicted octanol–water partition coefficient (Wildman–Crippen LogP) is 4.60. The summed E-state index contributed by atoms with van der Waals surface area (Å²) in [6.45, 7) is 2.00. The van der Waals surface area contributed by atoms with Crippen LogP contribution in [-0.4, -0.2) is 31.4 Å². The van der Waals surface area contributed by atoms with Gasteiger partial charge in [-0.2, -0.15) is 0 Å². The normalized spacial score (nSPS) is 14.3. The first-order valence-corrected chi connectivity index (χ1v) is 11.3. The molecule has 10 heteroatoms. The Bertz CT molecular complexity index is 1440. The van der Waals surface area contributed by atoms with Crippen molar-refractivity contribution in [2.45, 2.75) is 38.2 Å². The number of pyridine rings is 3. The highest BCUT2D eigenvalue weighted by atomic mass is 19.3. The van der Waals surface area contributed by atoms with Crippen molar-refractivity contribution >= 4 is 17.2 Å². The van der Waals surface area contributed by atoms with E-state index < -0.39 is 18.0 Å². The molecule has 4 aromatic rings. The smallest absolute Gasteiger partial charge is 0.280 e. The van der Waals surface area contributed by atoms with Crippen molar-refractivity contribution in [1.29, 1.82) is 0 Å². The molecule has 1 N–H and O–H groups in total. The van der Waals surface area contributed by atoms with Gasteiger partial charge >= 0.3 is 0 Å². The van der Waals surface area contributed by atoms with E-state index in [9.17, 15) is 18.4 Å². The lowest BCUT2D eigenvalue weighted by Crippen LogP contribution is -2.25.